The van der Waals surface area contributed by atoms with Crippen molar-refractivity contribution < 1.29 is 4.79 Å². The Hall–Kier alpha value is -2.14. The number of rotatable bonds is 4. The first-order valence-electron chi connectivity index (χ1n) is 8.08. The largest absolute Gasteiger partial charge is 0.331 e. The quantitative estimate of drug-likeness (QED) is 0.871. The van der Waals surface area contributed by atoms with Crippen LogP contribution < -0.4 is 0 Å². The lowest BCUT2D eigenvalue weighted by Crippen LogP contribution is -2.30. The zero-order valence-corrected chi connectivity index (χ0v) is 14.1. The molecule has 0 radical (unpaired) electrons. The fraction of sp³-hybridized carbons (Fsp3) is 0.444. The molecule has 2 aromatic rings. The maximum Gasteiger partial charge on any atom is 0.254 e. The minimum atomic E-state index is 0.118. The second-order valence-corrected chi connectivity index (χ2v) is 6.54. The van der Waals surface area contributed by atoms with Gasteiger partial charge in [0.05, 0.1) is 12.2 Å². The second kappa shape index (κ2) is 6.54. The number of nitrogens with zero attached hydrogens (tertiary/aromatic N) is 4. The third kappa shape index (κ3) is 3.45. The first-order chi connectivity index (χ1) is 11.0. The number of aromatic nitrogens is 2. The summed E-state index contributed by atoms with van der Waals surface area (Å²) in [4.78, 5) is 17.0. The first kappa shape index (κ1) is 15.7. The number of hydrogen-bond donors (Lipinski definition) is 0. The van der Waals surface area contributed by atoms with Crippen LogP contribution in [0.1, 0.15) is 40.4 Å². The molecule has 5 heteroatoms. The second-order valence-electron chi connectivity index (χ2n) is 6.54. The van der Waals surface area contributed by atoms with Crippen LogP contribution >= 0.6 is 0 Å². The highest BCUT2D eigenvalue weighted by molar-refractivity contribution is 5.94. The molecule has 0 spiro atoms. The Bertz CT molecular complexity index is 675. The van der Waals surface area contributed by atoms with Crippen LogP contribution in [-0.4, -0.2) is 46.1 Å². The zero-order valence-electron chi connectivity index (χ0n) is 14.1. The zero-order chi connectivity index (χ0) is 16.4. The van der Waals surface area contributed by atoms with Gasteiger partial charge in [-0.1, -0.05) is 12.1 Å². The summed E-state index contributed by atoms with van der Waals surface area (Å²) in [5.41, 5.74) is 3.11. The predicted octanol–water partition coefficient (Wildman–Crippen LogP) is 2.46. The fourth-order valence-electron chi connectivity index (χ4n) is 3.25. The van der Waals surface area contributed by atoms with Crippen LogP contribution in [0.5, 0.6) is 0 Å². The number of hydrogen-bond acceptors (Lipinski definition) is 3. The third-order valence-electron chi connectivity index (χ3n) is 4.32. The van der Waals surface area contributed by atoms with Crippen LogP contribution in [0.3, 0.4) is 0 Å². The van der Waals surface area contributed by atoms with Gasteiger partial charge >= 0.3 is 0 Å². The molecule has 1 aromatic heterocycles. The van der Waals surface area contributed by atoms with Crippen molar-refractivity contribution in [3.05, 3.63) is 53.3 Å². The van der Waals surface area contributed by atoms with Crippen molar-refractivity contribution in [3.8, 4) is 0 Å². The molecule has 1 saturated heterocycles. The van der Waals surface area contributed by atoms with Crippen molar-refractivity contribution in [2.24, 2.45) is 7.05 Å². The van der Waals surface area contributed by atoms with Gasteiger partial charge in [-0.2, -0.15) is 5.10 Å². The van der Waals surface area contributed by atoms with E-state index in [1.807, 2.05) is 62.7 Å². The molecule has 2 heterocycles. The Morgan fingerprint density at radius 2 is 2.04 bits per heavy atom. The standard InChI is InChI=1S/C18H24N4O/c1-20(2)12-14-6-8-15(9-7-14)18(23)22-10-4-5-17(22)16-11-19-21(3)13-16/h6-9,11,13,17H,4-5,10,12H2,1-3H3/t17-/m0/s1. The van der Waals surface area contributed by atoms with Gasteiger partial charge in [0.1, 0.15) is 0 Å². The molecule has 1 aromatic carbocycles. The van der Waals surface area contributed by atoms with Crippen molar-refractivity contribution in [2.75, 3.05) is 20.6 Å². The fourth-order valence-corrected chi connectivity index (χ4v) is 3.25. The predicted molar refractivity (Wildman–Crippen MR) is 90.1 cm³/mol. The summed E-state index contributed by atoms with van der Waals surface area (Å²) in [6.07, 6.45) is 5.94. The highest BCUT2D eigenvalue weighted by Gasteiger charge is 2.31. The number of aryl methyl sites for hydroxylation is 1. The molecular weight excluding hydrogens is 288 g/mol. The van der Waals surface area contributed by atoms with E-state index in [9.17, 15) is 4.79 Å². The van der Waals surface area contributed by atoms with Gasteiger partial charge in [0.15, 0.2) is 0 Å². The van der Waals surface area contributed by atoms with E-state index in [0.717, 1.165) is 37.1 Å². The average molecular weight is 312 g/mol. The minimum absolute atomic E-state index is 0.118. The van der Waals surface area contributed by atoms with Crippen LogP contribution in [0.4, 0.5) is 0 Å². The number of likely N-dealkylation sites (tertiary alicyclic amines) is 1. The summed E-state index contributed by atoms with van der Waals surface area (Å²) in [7, 11) is 6.00. The molecular formula is C18H24N4O. The van der Waals surface area contributed by atoms with Gasteiger partial charge in [-0.15, -0.1) is 0 Å². The lowest BCUT2D eigenvalue weighted by molar-refractivity contribution is 0.0735. The van der Waals surface area contributed by atoms with Gasteiger partial charge in [0, 0.05) is 37.5 Å². The smallest absolute Gasteiger partial charge is 0.254 e. The van der Waals surface area contributed by atoms with Crippen LogP contribution in [0.15, 0.2) is 36.7 Å². The maximum atomic E-state index is 12.9. The molecule has 5 nitrogen and oxygen atoms in total. The Morgan fingerprint density at radius 3 is 2.65 bits per heavy atom. The minimum Gasteiger partial charge on any atom is -0.331 e. The average Bonchev–Trinajstić information content (AvgIpc) is 3.15. The molecule has 1 aliphatic rings. The Kier molecular flexibility index (Phi) is 4.48. The van der Waals surface area contributed by atoms with E-state index < -0.39 is 0 Å². The summed E-state index contributed by atoms with van der Waals surface area (Å²) in [6, 6.07) is 8.13. The molecule has 0 N–H and O–H groups in total. The molecule has 0 saturated carbocycles. The van der Waals surface area contributed by atoms with E-state index in [4.69, 9.17) is 0 Å². The molecule has 1 fully saturated rings. The van der Waals surface area contributed by atoms with Gasteiger partial charge in [0.2, 0.25) is 0 Å². The lowest BCUT2D eigenvalue weighted by Gasteiger charge is -2.24. The highest BCUT2D eigenvalue weighted by atomic mass is 16.2. The molecule has 0 unspecified atom stereocenters. The van der Waals surface area contributed by atoms with E-state index in [-0.39, 0.29) is 11.9 Å². The Morgan fingerprint density at radius 1 is 1.30 bits per heavy atom. The van der Waals surface area contributed by atoms with Crippen LogP contribution in [-0.2, 0) is 13.6 Å². The van der Waals surface area contributed by atoms with Crippen molar-refractivity contribution >= 4 is 5.91 Å². The molecule has 0 aliphatic carbocycles. The van der Waals surface area contributed by atoms with Gasteiger partial charge < -0.3 is 9.80 Å². The van der Waals surface area contributed by atoms with E-state index in [2.05, 4.69) is 10.00 Å². The summed E-state index contributed by atoms with van der Waals surface area (Å²) in [5.74, 6) is 0.118. The number of carbonyl (C=O) groups is 1. The van der Waals surface area contributed by atoms with Crippen molar-refractivity contribution in [3.63, 3.8) is 0 Å². The van der Waals surface area contributed by atoms with Crippen molar-refractivity contribution in [1.29, 1.82) is 0 Å². The Labute approximate surface area is 137 Å². The Balaban J connectivity index is 1.76. The lowest BCUT2D eigenvalue weighted by atomic mass is 10.1. The first-order valence-corrected chi connectivity index (χ1v) is 8.08. The van der Waals surface area contributed by atoms with Crippen LogP contribution in [0.25, 0.3) is 0 Å². The normalized spacial score (nSPS) is 17.9. The van der Waals surface area contributed by atoms with Crippen LogP contribution in [0, 0.1) is 0 Å². The molecule has 1 atom stereocenters. The third-order valence-corrected chi connectivity index (χ3v) is 4.32. The number of benzene rings is 1. The SMILES string of the molecule is CN(C)Cc1ccc(C(=O)N2CCC[C@H]2c2cnn(C)c2)cc1. The molecule has 23 heavy (non-hydrogen) atoms. The summed E-state index contributed by atoms with van der Waals surface area (Å²) in [6.45, 7) is 1.70. The van der Waals surface area contributed by atoms with Gasteiger partial charge in [0.25, 0.3) is 5.91 Å². The summed E-state index contributed by atoms with van der Waals surface area (Å²) < 4.78 is 1.80. The summed E-state index contributed by atoms with van der Waals surface area (Å²) in [5, 5.41) is 4.24. The summed E-state index contributed by atoms with van der Waals surface area (Å²) >= 11 is 0. The molecule has 3 rings (SSSR count). The van der Waals surface area contributed by atoms with E-state index in [1.165, 1.54) is 5.56 Å². The molecule has 1 amide bonds. The van der Waals surface area contributed by atoms with E-state index >= 15 is 0 Å². The van der Waals surface area contributed by atoms with Crippen molar-refractivity contribution in [1.82, 2.24) is 19.6 Å². The molecule has 1 aliphatic heterocycles. The molecule has 0 bridgehead atoms. The van der Waals surface area contributed by atoms with Gasteiger partial charge in [-0.05, 0) is 44.6 Å². The number of amides is 1. The van der Waals surface area contributed by atoms with Gasteiger partial charge in [-0.3, -0.25) is 9.48 Å². The van der Waals surface area contributed by atoms with E-state index in [1.54, 1.807) is 4.68 Å². The maximum absolute atomic E-state index is 12.9. The van der Waals surface area contributed by atoms with E-state index in [0.29, 0.717) is 0 Å². The van der Waals surface area contributed by atoms with Crippen molar-refractivity contribution in [2.45, 2.75) is 25.4 Å². The topological polar surface area (TPSA) is 41.4 Å². The monoisotopic (exact) mass is 312 g/mol. The highest BCUT2D eigenvalue weighted by Crippen LogP contribution is 2.32. The number of carbonyl (C=O) groups excluding carboxylic acids is 1. The molecule has 122 valence electrons. The van der Waals surface area contributed by atoms with Gasteiger partial charge in [-0.25, -0.2) is 0 Å². The van der Waals surface area contributed by atoms with Crippen LogP contribution in [0.2, 0.25) is 0 Å².